The molecule has 1 aromatic rings. The average molecular weight is 251 g/mol. The number of hydrogen-bond donors (Lipinski definition) is 1. The molecule has 0 fully saturated rings. The second-order valence-electron chi connectivity index (χ2n) is 3.79. The first kappa shape index (κ1) is 13.7. The molecule has 0 radical (unpaired) electrons. The second-order valence-corrected chi connectivity index (χ2v) is 4.54. The summed E-state index contributed by atoms with van der Waals surface area (Å²) in [5.41, 5.74) is 0.783. The Morgan fingerprint density at radius 3 is 2.94 bits per heavy atom. The van der Waals surface area contributed by atoms with Gasteiger partial charge in [0.05, 0.1) is 5.69 Å². The Hall–Kier alpha value is -1.41. The van der Waals surface area contributed by atoms with Crippen LogP contribution in [0.25, 0.3) is 0 Å². The number of aryl methyl sites for hydroxylation is 1. The number of aromatic nitrogens is 2. The molecule has 17 heavy (non-hydrogen) atoms. The first-order chi connectivity index (χ1) is 8.22. The molecule has 1 amide bonds. The van der Waals surface area contributed by atoms with E-state index in [1.807, 2.05) is 13.8 Å². The second kappa shape index (κ2) is 7.02. The van der Waals surface area contributed by atoms with Gasteiger partial charge in [-0.25, -0.2) is 0 Å². The van der Waals surface area contributed by atoms with E-state index < -0.39 is 0 Å². The number of terminal acetylenes is 1. The SMILES string of the molecule is C#CCC(CC)NC(=O)c1snnc1CCC. The molecule has 0 saturated heterocycles. The molecule has 1 aromatic heterocycles. The van der Waals surface area contributed by atoms with Gasteiger partial charge in [-0.05, 0) is 24.4 Å². The maximum absolute atomic E-state index is 12.0. The van der Waals surface area contributed by atoms with E-state index in [0.29, 0.717) is 11.3 Å². The van der Waals surface area contributed by atoms with E-state index in [0.717, 1.165) is 36.5 Å². The lowest BCUT2D eigenvalue weighted by molar-refractivity contribution is 0.0939. The van der Waals surface area contributed by atoms with Crippen molar-refractivity contribution in [1.29, 1.82) is 0 Å². The van der Waals surface area contributed by atoms with Crippen molar-refractivity contribution in [3.05, 3.63) is 10.6 Å². The number of nitrogens with one attached hydrogen (secondary N) is 1. The zero-order valence-corrected chi connectivity index (χ0v) is 11.0. The normalized spacial score (nSPS) is 11.8. The minimum atomic E-state index is -0.106. The van der Waals surface area contributed by atoms with Crippen LogP contribution in [0.15, 0.2) is 0 Å². The highest BCUT2D eigenvalue weighted by molar-refractivity contribution is 7.08. The van der Waals surface area contributed by atoms with E-state index in [9.17, 15) is 4.79 Å². The summed E-state index contributed by atoms with van der Waals surface area (Å²) in [6, 6.07) is 0.0316. The summed E-state index contributed by atoms with van der Waals surface area (Å²) < 4.78 is 3.83. The highest BCUT2D eigenvalue weighted by Gasteiger charge is 2.17. The van der Waals surface area contributed by atoms with Crippen molar-refractivity contribution < 1.29 is 4.79 Å². The van der Waals surface area contributed by atoms with Crippen molar-refractivity contribution >= 4 is 17.4 Å². The number of nitrogens with zero attached hydrogens (tertiary/aromatic N) is 2. The number of carbonyl (C=O) groups is 1. The van der Waals surface area contributed by atoms with Crippen molar-refractivity contribution in [2.24, 2.45) is 0 Å². The van der Waals surface area contributed by atoms with Gasteiger partial charge in [-0.3, -0.25) is 4.79 Å². The summed E-state index contributed by atoms with van der Waals surface area (Å²) >= 11 is 1.14. The molecule has 1 N–H and O–H groups in total. The number of carbonyl (C=O) groups excluding carboxylic acids is 1. The van der Waals surface area contributed by atoms with Gasteiger partial charge in [0.1, 0.15) is 4.88 Å². The Balaban J connectivity index is 2.69. The van der Waals surface area contributed by atoms with Crippen LogP contribution in [-0.4, -0.2) is 21.5 Å². The molecular formula is C12H17N3OS. The average Bonchev–Trinajstić information content (AvgIpc) is 2.77. The fourth-order valence-corrected chi connectivity index (χ4v) is 2.08. The molecule has 1 unspecified atom stereocenters. The molecule has 0 aromatic carbocycles. The Morgan fingerprint density at radius 1 is 1.59 bits per heavy atom. The van der Waals surface area contributed by atoms with Gasteiger partial charge in [-0.1, -0.05) is 24.8 Å². The zero-order chi connectivity index (χ0) is 12.7. The van der Waals surface area contributed by atoms with E-state index in [1.54, 1.807) is 0 Å². The number of rotatable bonds is 6. The third kappa shape index (κ3) is 3.82. The Labute approximate surface area is 106 Å². The minimum absolute atomic E-state index is 0.0316. The van der Waals surface area contributed by atoms with Gasteiger partial charge in [0, 0.05) is 12.5 Å². The third-order valence-electron chi connectivity index (χ3n) is 2.44. The van der Waals surface area contributed by atoms with Crippen molar-refractivity contribution in [2.75, 3.05) is 0 Å². The van der Waals surface area contributed by atoms with Crippen LogP contribution in [0.4, 0.5) is 0 Å². The van der Waals surface area contributed by atoms with Gasteiger partial charge >= 0.3 is 0 Å². The largest absolute Gasteiger partial charge is 0.348 e. The van der Waals surface area contributed by atoms with Crippen LogP contribution in [0.2, 0.25) is 0 Å². The predicted molar refractivity (Wildman–Crippen MR) is 68.9 cm³/mol. The Kier molecular flexibility index (Phi) is 5.64. The molecule has 4 nitrogen and oxygen atoms in total. The third-order valence-corrected chi connectivity index (χ3v) is 3.21. The molecule has 0 bridgehead atoms. The molecule has 1 atom stereocenters. The van der Waals surface area contributed by atoms with Gasteiger partial charge in [0.15, 0.2) is 0 Å². The predicted octanol–water partition coefficient (Wildman–Crippen LogP) is 2.02. The highest BCUT2D eigenvalue weighted by atomic mass is 32.1. The monoisotopic (exact) mass is 251 g/mol. The van der Waals surface area contributed by atoms with Crippen LogP contribution < -0.4 is 5.32 Å². The fourth-order valence-electron chi connectivity index (χ4n) is 1.47. The van der Waals surface area contributed by atoms with E-state index >= 15 is 0 Å². The van der Waals surface area contributed by atoms with Gasteiger partial charge in [0.25, 0.3) is 5.91 Å². The van der Waals surface area contributed by atoms with Crippen LogP contribution in [0.1, 0.15) is 48.5 Å². The Morgan fingerprint density at radius 2 is 2.35 bits per heavy atom. The van der Waals surface area contributed by atoms with Crippen molar-refractivity contribution in [3.8, 4) is 12.3 Å². The molecule has 0 aliphatic rings. The lowest BCUT2D eigenvalue weighted by Crippen LogP contribution is -2.34. The standard InChI is InChI=1S/C12H17N3OS/c1-4-7-9(6-3)13-12(16)11-10(8-5-2)14-15-17-11/h1,9H,5-8H2,2-3H3,(H,13,16). The summed E-state index contributed by atoms with van der Waals surface area (Å²) in [6.45, 7) is 4.05. The molecule has 0 aliphatic heterocycles. The summed E-state index contributed by atoms with van der Waals surface area (Å²) in [6.07, 6.45) is 8.37. The molecular weight excluding hydrogens is 234 g/mol. The van der Waals surface area contributed by atoms with Gasteiger partial charge < -0.3 is 5.32 Å². The lowest BCUT2D eigenvalue weighted by Gasteiger charge is -2.13. The maximum atomic E-state index is 12.0. The molecule has 1 rings (SSSR count). The van der Waals surface area contributed by atoms with Crippen LogP contribution in [0.5, 0.6) is 0 Å². The first-order valence-corrected chi connectivity index (χ1v) is 6.55. The van der Waals surface area contributed by atoms with Gasteiger partial charge in [0.2, 0.25) is 0 Å². The van der Waals surface area contributed by atoms with Crippen LogP contribution in [-0.2, 0) is 6.42 Å². The van der Waals surface area contributed by atoms with Crippen molar-refractivity contribution in [3.63, 3.8) is 0 Å². The van der Waals surface area contributed by atoms with E-state index in [4.69, 9.17) is 6.42 Å². The minimum Gasteiger partial charge on any atom is -0.348 e. The molecule has 0 saturated carbocycles. The van der Waals surface area contributed by atoms with Crippen LogP contribution in [0, 0.1) is 12.3 Å². The molecule has 92 valence electrons. The number of hydrogen-bond acceptors (Lipinski definition) is 4. The van der Waals surface area contributed by atoms with E-state index in [2.05, 4.69) is 20.8 Å². The molecule has 1 heterocycles. The lowest BCUT2D eigenvalue weighted by atomic mass is 10.1. The summed E-state index contributed by atoms with van der Waals surface area (Å²) in [4.78, 5) is 12.6. The molecule has 0 aliphatic carbocycles. The van der Waals surface area contributed by atoms with Crippen molar-refractivity contribution in [2.45, 2.75) is 45.6 Å². The quantitative estimate of drug-likeness (QED) is 0.787. The van der Waals surface area contributed by atoms with Crippen molar-refractivity contribution in [1.82, 2.24) is 14.9 Å². The van der Waals surface area contributed by atoms with E-state index in [1.165, 1.54) is 0 Å². The molecule has 5 heteroatoms. The summed E-state index contributed by atoms with van der Waals surface area (Å²) in [5, 5.41) is 6.89. The first-order valence-electron chi connectivity index (χ1n) is 5.78. The highest BCUT2D eigenvalue weighted by Crippen LogP contribution is 2.13. The summed E-state index contributed by atoms with van der Waals surface area (Å²) in [7, 11) is 0. The van der Waals surface area contributed by atoms with Crippen LogP contribution >= 0.6 is 11.5 Å². The van der Waals surface area contributed by atoms with Crippen LogP contribution in [0.3, 0.4) is 0 Å². The van der Waals surface area contributed by atoms with Gasteiger partial charge in [-0.15, -0.1) is 17.4 Å². The zero-order valence-electron chi connectivity index (χ0n) is 10.2. The number of amides is 1. The fraction of sp³-hybridized carbons (Fsp3) is 0.583. The Bertz CT molecular complexity index is 408. The smallest absolute Gasteiger partial charge is 0.265 e. The summed E-state index contributed by atoms with van der Waals surface area (Å²) in [5.74, 6) is 2.46. The topological polar surface area (TPSA) is 54.9 Å². The molecule has 0 spiro atoms. The maximum Gasteiger partial charge on any atom is 0.265 e. The van der Waals surface area contributed by atoms with E-state index in [-0.39, 0.29) is 11.9 Å². The van der Waals surface area contributed by atoms with Gasteiger partial charge in [-0.2, -0.15) is 0 Å².